The summed E-state index contributed by atoms with van der Waals surface area (Å²) in [6, 6.07) is 5.51. The van der Waals surface area contributed by atoms with Gasteiger partial charge < -0.3 is 25.0 Å². The Morgan fingerprint density at radius 1 is 1.13 bits per heavy atom. The average molecular weight is 561 g/mol. The molecule has 38 heavy (non-hydrogen) atoms. The normalized spacial score (nSPS) is 14.2. The molecule has 0 unspecified atom stereocenters. The van der Waals surface area contributed by atoms with Crippen LogP contribution in [0.1, 0.15) is 44.1 Å². The van der Waals surface area contributed by atoms with E-state index in [9.17, 15) is 14.0 Å². The summed E-state index contributed by atoms with van der Waals surface area (Å²) in [5, 5.41) is 7.22. The highest BCUT2D eigenvalue weighted by Crippen LogP contribution is 2.36. The molecule has 3 aromatic heterocycles. The van der Waals surface area contributed by atoms with Crippen molar-refractivity contribution in [3.63, 3.8) is 0 Å². The number of piperidine rings is 1. The Labute approximate surface area is 228 Å². The van der Waals surface area contributed by atoms with Gasteiger partial charge in [0.05, 0.1) is 34.3 Å². The zero-order chi connectivity index (χ0) is 27.3. The molecule has 13 heteroatoms. The van der Waals surface area contributed by atoms with Crippen LogP contribution >= 0.6 is 23.1 Å². The Balaban J connectivity index is 1.28. The molecule has 0 atom stereocenters. The van der Waals surface area contributed by atoms with Gasteiger partial charge in [0.15, 0.2) is 16.6 Å². The second-order valence-corrected chi connectivity index (χ2v) is 11.9. The lowest BCUT2D eigenvalue weighted by atomic mass is 10.1. The van der Waals surface area contributed by atoms with E-state index in [1.807, 2.05) is 32.9 Å². The van der Waals surface area contributed by atoms with Gasteiger partial charge in [-0.05, 0) is 51.8 Å². The predicted octanol–water partition coefficient (Wildman–Crippen LogP) is 5.57. The van der Waals surface area contributed by atoms with Gasteiger partial charge >= 0.3 is 12.1 Å². The van der Waals surface area contributed by atoms with E-state index in [2.05, 4.69) is 30.3 Å². The van der Waals surface area contributed by atoms with Crippen LogP contribution in [-0.4, -0.2) is 63.8 Å². The fourth-order valence-corrected chi connectivity index (χ4v) is 5.51. The maximum Gasteiger partial charge on any atom is 0.410 e. The van der Waals surface area contributed by atoms with Crippen molar-refractivity contribution >= 4 is 51.8 Å². The summed E-state index contributed by atoms with van der Waals surface area (Å²) < 4.78 is 25.4. The SMILES string of the molecule is COC(=O)c1nccc(Sc2cnc(Nc3ccc(NC4CCN(C(=O)OC(C)(C)C)CC4)cn3)s2)c1F. The number of nitrogens with zero attached hydrogens (tertiary/aromatic N) is 4. The van der Waals surface area contributed by atoms with Crippen molar-refractivity contribution in [1.82, 2.24) is 19.9 Å². The number of rotatable bonds is 7. The Kier molecular flexibility index (Phi) is 8.67. The molecule has 0 bridgehead atoms. The summed E-state index contributed by atoms with van der Waals surface area (Å²) in [4.78, 5) is 38.5. The number of thiazole rings is 1. The number of esters is 1. The Morgan fingerprint density at radius 2 is 1.89 bits per heavy atom. The lowest BCUT2D eigenvalue weighted by Gasteiger charge is -2.34. The third-order valence-electron chi connectivity index (χ3n) is 5.44. The van der Waals surface area contributed by atoms with Gasteiger partial charge in [0.1, 0.15) is 11.4 Å². The molecule has 0 radical (unpaired) electrons. The molecule has 1 amide bonds. The number of methoxy groups -OCH3 is 1. The first-order valence-electron chi connectivity index (χ1n) is 12.0. The summed E-state index contributed by atoms with van der Waals surface area (Å²) in [7, 11) is 1.18. The van der Waals surface area contributed by atoms with Gasteiger partial charge in [0, 0.05) is 25.3 Å². The van der Waals surface area contributed by atoms with Crippen molar-refractivity contribution in [2.75, 3.05) is 30.8 Å². The van der Waals surface area contributed by atoms with E-state index in [4.69, 9.17) is 4.74 Å². The van der Waals surface area contributed by atoms with E-state index in [1.165, 1.54) is 30.7 Å². The van der Waals surface area contributed by atoms with Crippen molar-refractivity contribution in [2.24, 2.45) is 0 Å². The number of likely N-dealkylation sites (tertiary alicyclic amines) is 1. The van der Waals surface area contributed by atoms with E-state index in [1.54, 1.807) is 17.3 Å². The molecule has 1 aliphatic heterocycles. The van der Waals surface area contributed by atoms with Crippen LogP contribution in [0.3, 0.4) is 0 Å². The minimum Gasteiger partial charge on any atom is -0.464 e. The highest BCUT2D eigenvalue weighted by Gasteiger charge is 2.27. The molecule has 3 aromatic rings. The monoisotopic (exact) mass is 560 g/mol. The molecule has 1 fully saturated rings. The van der Waals surface area contributed by atoms with Gasteiger partial charge in [-0.2, -0.15) is 0 Å². The zero-order valence-electron chi connectivity index (χ0n) is 21.5. The number of anilines is 3. The van der Waals surface area contributed by atoms with E-state index in [-0.39, 0.29) is 22.7 Å². The number of hydrogen-bond donors (Lipinski definition) is 2. The predicted molar refractivity (Wildman–Crippen MR) is 144 cm³/mol. The number of pyridine rings is 2. The smallest absolute Gasteiger partial charge is 0.410 e. The summed E-state index contributed by atoms with van der Waals surface area (Å²) in [5.41, 5.74) is 0.0306. The molecule has 0 spiro atoms. The highest BCUT2D eigenvalue weighted by molar-refractivity contribution is 8.01. The molecule has 2 N–H and O–H groups in total. The van der Waals surface area contributed by atoms with E-state index >= 15 is 0 Å². The highest BCUT2D eigenvalue weighted by atomic mass is 32.2. The van der Waals surface area contributed by atoms with Gasteiger partial charge in [-0.1, -0.05) is 23.1 Å². The molecule has 1 saturated heterocycles. The largest absolute Gasteiger partial charge is 0.464 e. The second kappa shape index (κ2) is 11.9. The molecule has 0 saturated carbocycles. The Morgan fingerprint density at radius 3 is 2.55 bits per heavy atom. The standard InChI is InChI=1S/C25H29FN6O4S2/c1-25(2,3)36-24(34)32-11-8-15(9-12-32)30-16-5-6-18(28-13-16)31-23-29-14-19(38-23)37-17-7-10-27-21(20(17)26)22(33)35-4/h5-7,10,13-15,30H,8-9,11-12H2,1-4H3,(H,28,29,31). The number of amides is 1. The summed E-state index contributed by atoms with van der Waals surface area (Å²) in [5.74, 6) is -0.941. The molecule has 10 nitrogen and oxygen atoms in total. The average Bonchev–Trinajstić information content (AvgIpc) is 3.32. The number of ether oxygens (including phenoxy) is 2. The third kappa shape index (κ3) is 7.32. The van der Waals surface area contributed by atoms with Gasteiger partial charge in [0.2, 0.25) is 0 Å². The number of halogens is 1. The quantitative estimate of drug-likeness (QED) is 0.355. The minimum atomic E-state index is -0.827. The zero-order valence-corrected chi connectivity index (χ0v) is 23.1. The maximum atomic E-state index is 14.6. The fraction of sp³-hybridized carbons (Fsp3) is 0.400. The summed E-state index contributed by atoms with van der Waals surface area (Å²) in [6.07, 6.45) is 6.09. The molecule has 202 valence electrons. The Hall–Kier alpha value is -3.45. The van der Waals surface area contributed by atoms with E-state index in [0.717, 1.165) is 34.5 Å². The maximum absolute atomic E-state index is 14.6. The van der Waals surface area contributed by atoms with Crippen LogP contribution in [0.15, 0.2) is 45.9 Å². The molecule has 1 aliphatic rings. The van der Waals surface area contributed by atoms with Gasteiger partial charge in [-0.3, -0.25) is 0 Å². The van der Waals surface area contributed by atoms with Crippen LogP contribution in [0.4, 0.5) is 25.8 Å². The lowest BCUT2D eigenvalue weighted by Crippen LogP contribution is -2.44. The molecule has 0 aliphatic carbocycles. The second-order valence-electron chi connectivity index (χ2n) is 9.49. The molecule has 4 heterocycles. The molecule has 0 aromatic carbocycles. The van der Waals surface area contributed by atoms with Crippen LogP contribution < -0.4 is 10.6 Å². The van der Waals surface area contributed by atoms with Gasteiger partial charge in [-0.25, -0.2) is 28.9 Å². The number of carbonyl (C=O) groups excluding carboxylic acids is 2. The first kappa shape index (κ1) is 27.6. The third-order valence-corrected chi connectivity index (χ3v) is 7.49. The number of carbonyl (C=O) groups is 2. The van der Waals surface area contributed by atoms with Crippen molar-refractivity contribution in [2.45, 2.75) is 54.4 Å². The van der Waals surface area contributed by atoms with Gasteiger partial charge in [0.25, 0.3) is 0 Å². The number of nitrogens with one attached hydrogen (secondary N) is 2. The first-order valence-corrected chi connectivity index (χ1v) is 13.6. The van der Waals surface area contributed by atoms with Gasteiger partial charge in [-0.15, -0.1) is 0 Å². The summed E-state index contributed by atoms with van der Waals surface area (Å²) in [6.45, 7) is 6.87. The van der Waals surface area contributed by atoms with Crippen LogP contribution in [0.25, 0.3) is 0 Å². The summed E-state index contributed by atoms with van der Waals surface area (Å²) >= 11 is 2.47. The lowest BCUT2D eigenvalue weighted by molar-refractivity contribution is 0.0210. The number of aromatic nitrogens is 3. The van der Waals surface area contributed by atoms with E-state index in [0.29, 0.717) is 24.0 Å². The Bertz CT molecular complexity index is 1270. The topological polar surface area (TPSA) is 119 Å². The van der Waals surface area contributed by atoms with Crippen molar-refractivity contribution < 1.29 is 23.5 Å². The molecular weight excluding hydrogens is 531 g/mol. The van der Waals surface area contributed by atoms with Crippen molar-refractivity contribution in [3.8, 4) is 0 Å². The van der Waals surface area contributed by atoms with Crippen LogP contribution in [-0.2, 0) is 9.47 Å². The van der Waals surface area contributed by atoms with E-state index < -0.39 is 17.4 Å². The first-order chi connectivity index (χ1) is 18.1. The number of hydrogen-bond acceptors (Lipinski definition) is 11. The van der Waals surface area contributed by atoms with Crippen molar-refractivity contribution in [3.05, 3.63) is 48.3 Å². The molecular formula is C25H29FN6O4S2. The van der Waals surface area contributed by atoms with Crippen molar-refractivity contribution in [1.29, 1.82) is 0 Å². The van der Waals surface area contributed by atoms with Crippen LogP contribution in [0, 0.1) is 5.82 Å². The molecule has 4 rings (SSSR count). The van der Waals surface area contributed by atoms with Crippen LogP contribution in [0.2, 0.25) is 0 Å². The minimum absolute atomic E-state index is 0.237. The fourth-order valence-electron chi connectivity index (χ4n) is 3.65. The van der Waals surface area contributed by atoms with Crippen LogP contribution in [0.5, 0.6) is 0 Å².